The molecule has 0 aliphatic heterocycles. The lowest BCUT2D eigenvalue weighted by molar-refractivity contribution is 0.111. The summed E-state index contributed by atoms with van der Waals surface area (Å²) < 4.78 is 0. The van der Waals surface area contributed by atoms with Crippen molar-refractivity contribution in [2.24, 2.45) is 0 Å². The predicted octanol–water partition coefficient (Wildman–Crippen LogP) is 3.85. The van der Waals surface area contributed by atoms with Crippen molar-refractivity contribution in [2.75, 3.05) is 0 Å². The van der Waals surface area contributed by atoms with E-state index in [1.165, 1.54) is 0 Å². The minimum Gasteiger partial charge on any atom is -0.352 e. The monoisotopic (exact) mass is 241 g/mol. The zero-order valence-electron chi connectivity index (χ0n) is 8.10. The molecule has 0 saturated carbocycles. The van der Waals surface area contributed by atoms with Gasteiger partial charge in [0.2, 0.25) is 0 Å². The standard InChI is InChI=1S/C11H9Cl2NO/c1-2-6-7-3-8(12)9(13)4-10(7)14-11(6)5-15/h3-5,14H,2H2,1H3. The van der Waals surface area contributed by atoms with Gasteiger partial charge in [0.25, 0.3) is 0 Å². The lowest BCUT2D eigenvalue weighted by Gasteiger charge is -1.97. The summed E-state index contributed by atoms with van der Waals surface area (Å²) in [6.07, 6.45) is 1.60. The summed E-state index contributed by atoms with van der Waals surface area (Å²) in [7, 11) is 0. The maximum absolute atomic E-state index is 10.8. The molecule has 0 bridgehead atoms. The number of aromatic amines is 1. The molecule has 2 rings (SSSR count). The number of halogens is 2. The molecular formula is C11H9Cl2NO. The van der Waals surface area contributed by atoms with Gasteiger partial charge in [0.05, 0.1) is 15.7 Å². The molecule has 0 saturated heterocycles. The summed E-state index contributed by atoms with van der Waals surface area (Å²) in [5.41, 5.74) is 2.44. The van der Waals surface area contributed by atoms with Crippen molar-refractivity contribution in [1.82, 2.24) is 4.98 Å². The highest BCUT2D eigenvalue weighted by atomic mass is 35.5. The number of carbonyl (C=O) groups excluding carboxylic acids is 1. The van der Waals surface area contributed by atoms with E-state index in [0.29, 0.717) is 15.7 Å². The summed E-state index contributed by atoms with van der Waals surface area (Å²) in [5, 5.41) is 1.97. The maximum Gasteiger partial charge on any atom is 0.166 e. The second-order valence-electron chi connectivity index (χ2n) is 3.30. The Balaban J connectivity index is 2.83. The van der Waals surface area contributed by atoms with Crippen molar-refractivity contribution in [1.29, 1.82) is 0 Å². The van der Waals surface area contributed by atoms with Crippen LogP contribution in [0.25, 0.3) is 10.9 Å². The van der Waals surface area contributed by atoms with Crippen LogP contribution in [-0.2, 0) is 6.42 Å². The third-order valence-corrected chi connectivity index (χ3v) is 3.17. The van der Waals surface area contributed by atoms with Gasteiger partial charge >= 0.3 is 0 Å². The van der Waals surface area contributed by atoms with E-state index >= 15 is 0 Å². The Labute approximate surface area is 97.2 Å². The molecule has 0 aliphatic rings. The fraction of sp³-hybridized carbons (Fsp3) is 0.182. The van der Waals surface area contributed by atoms with Crippen LogP contribution in [0, 0.1) is 0 Å². The first kappa shape index (κ1) is 10.5. The van der Waals surface area contributed by atoms with E-state index < -0.39 is 0 Å². The molecule has 1 aromatic heterocycles. The topological polar surface area (TPSA) is 32.9 Å². The Kier molecular flexibility index (Phi) is 2.72. The molecule has 0 unspecified atom stereocenters. The molecule has 0 fully saturated rings. The molecule has 15 heavy (non-hydrogen) atoms. The minimum absolute atomic E-state index is 0.491. The molecule has 2 nitrogen and oxygen atoms in total. The van der Waals surface area contributed by atoms with Crippen LogP contribution in [0.5, 0.6) is 0 Å². The molecule has 78 valence electrons. The average Bonchev–Trinajstić information content (AvgIpc) is 2.56. The van der Waals surface area contributed by atoms with Gasteiger partial charge in [0, 0.05) is 10.9 Å². The number of H-pyrrole nitrogens is 1. The second kappa shape index (κ2) is 3.87. The van der Waals surface area contributed by atoms with E-state index in [1.807, 2.05) is 6.92 Å². The van der Waals surface area contributed by atoms with Crippen LogP contribution in [0.4, 0.5) is 0 Å². The maximum atomic E-state index is 10.8. The van der Waals surface area contributed by atoms with E-state index in [1.54, 1.807) is 12.1 Å². The van der Waals surface area contributed by atoms with Crippen molar-refractivity contribution in [3.8, 4) is 0 Å². The van der Waals surface area contributed by atoms with Crippen molar-refractivity contribution in [2.45, 2.75) is 13.3 Å². The molecule has 0 radical (unpaired) electrons. The number of aryl methyl sites for hydroxylation is 1. The zero-order chi connectivity index (χ0) is 11.0. The molecule has 0 spiro atoms. The third-order valence-electron chi connectivity index (χ3n) is 2.45. The SMILES string of the molecule is CCc1c(C=O)[nH]c2cc(Cl)c(Cl)cc12. The van der Waals surface area contributed by atoms with Crippen molar-refractivity contribution >= 4 is 40.4 Å². The van der Waals surface area contributed by atoms with Crippen LogP contribution in [0.1, 0.15) is 23.0 Å². The summed E-state index contributed by atoms with van der Waals surface area (Å²) >= 11 is 11.8. The fourth-order valence-electron chi connectivity index (χ4n) is 1.75. The molecule has 0 aliphatic carbocycles. The van der Waals surface area contributed by atoms with Crippen molar-refractivity contribution in [3.63, 3.8) is 0 Å². The molecule has 0 atom stereocenters. The highest BCUT2D eigenvalue weighted by molar-refractivity contribution is 6.42. The highest BCUT2D eigenvalue weighted by Gasteiger charge is 2.11. The van der Waals surface area contributed by atoms with Gasteiger partial charge in [-0.25, -0.2) is 0 Å². The van der Waals surface area contributed by atoms with Crippen LogP contribution < -0.4 is 0 Å². The smallest absolute Gasteiger partial charge is 0.166 e. The van der Waals surface area contributed by atoms with Crippen molar-refractivity contribution in [3.05, 3.63) is 33.4 Å². The first-order valence-corrected chi connectivity index (χ1v) is 5.37. The Morgan fingerprint density at radius 3 is 2.60 bits per heavy atom. The van der Waals surface area contributed by atoms with E-state index in [2.05, 4.69) is 4.98 Å². The van der Waals surface area contributed by atoms with Gasteiger partial charge in [-0.2, -0.15) is 0 Å². The van der Waals surface area contributed by atoms with E-state index in [9.17, 15) is 4.79 Å². The zero-order valence-corrected chi connectivity index (χ0v) is 9.62. The number of hydrogen-bond donors (Lipinski definition) is 1. The largest absolute Gasteiger partial charge is 0.352 e. The summed E-state index contributed by atoms with van der Waals surface area (Å²) in [6, 6.07) is 3.53. The number of carbonyl (C=O) groups is 1. The van der Waals surface area contributed by atoms with Gasteiger partial charge in [-0.05, 0) is 24.1 Å². The number of rotatable bonds is 2. The molecular weight excluding hydrogens is 233 g/mol. The molecule has 1 N–H and O–H groups in total. The first-order chi connectivity index (χ1) is 7.17. The van der Waals surface area contributed by atoms with Gasteiger partial charge in [-0.1, -0.05) is 30.1 Å². The number of hydrogen-bond acceptors (Lipinski definition) is 1. The van der Waals surface area contributed by atoms with E-state index in [0.717, 1.165) is 29.2 Å². The Hall–Kier alpha value is -0.990. The predicted molar refractivity (Wildman–Crippen MR) is 63.1 cm³/mol. The quantitative estimate of drug-likeness (QED) is 0.797. The number of fused-ring (bicyclic) bond motifs is 1. The number of benzene rings is 1. The third kappa shape index (κ3) is 1.64. The minimum atomic E-state index is 0.491. The lowest BCUT2D eigenvalue weighted by Crippen LogP contribution is -1.85. The average molecular weight is 242 g/mol. The molecule has 4 heteroatoms. The van der Waals surface area contributed by atoms with Crippen LogP contribution >= 0.6 is 23.2 Å². The van der Waals surface area contributed by atoms with Crippen molar-refractivity contribution < 1.29 is 4.79 Å². The number of aromatic nitrogens is 1. The normalized spacial score (nSPS) is 10.9. The summed E-state index contributed by atoms with van der Waals surface area (Å²) in [6.45, 7) is 2.00. The van der Waals surface area contributed by atoms with Gasteiger partial charge in [0.1, 0.15) is 0 Å². The van der Waals surface area contributed by atoms with Crippen LogP contribution in [-0.4, -0.2) is 11.3 Å². The van der Waals surface area contributed by atoms with Crippen LogP contribution in [0.15, 0.2) is 12.1 Å². The molecule has 2 aromatic rings. The van der Waals surface area contributed by atoms with E-state index in [4.69, 9.17) is 23.2 Å². The highest BCUT2D eigenvalue weighted by Crippen LogP contribution is 2.30. The number of aldehydes is 1. The Bertz CT molecular complexity index is 531. The first-order valence-electron chi connectivity index (χ1n) is 4.62. The van der Waals surface area contributed by atoms with E-state index in [-0.39, 0.29) is 0 Å². The van der Waals surface area contributed by atoms with Crippen LogP contribution in [0.2, 0.25) is 10.0 Å². The molecule has 1 aromatic carbocycles. The number of nitrogens with one attached hydrogen (secondary N) is 1. The second-order valence-corrected chi connectivity index (χ2v) is 4.11. The van der Waals surface area contributed by atoms with Gasteiger partial charge in [-0.3, -0.25) is 4.79 Å². The van der Waals surface area contributed by atoms with Gasteiger partial charge in [-0.15, -0.1) is 0 Å². The molecule has 0 amide bonds. The summed E-state index contributed by atoms with van der Waals surface area (Å²) in [4.78, 5) is 13.9. The van der Waals surface area contributed by atoms with Gasteiger partial charge in [0.15, 0.2) is 6.29 Å². The molecule has 1 heterocycles. The Morgan fingerprint density at radius 2 is 2.00 bits per heavy atom. The fourth-order valence-corrected chi connectivity index (χ4v) is 2.07. The van der Waals surface area contributed by atoms with Crippen LogP contribution in [0.3, 0.4) is 0 Å². The van der Waals surface area contributed by atoms with Gasteiger partial charge < -0.3 is 4.98 Å². The lowest BCUT2D eigenvalue weighted by atomic mass is 10.1. The summed E-state index contributed by atoms with van der Waals surface area (Å²) in [5.74, 6) is 0. The Morgan fingerprint density at radius 1 is 1.33 bits per heavy atom.